The van der Waals surface area contributed by atoms with Crippen LogP contribution >= 0.6 is 57.4 Å². The normalized spacial score (nSPS) is 28.4. The number of carbonyl (C=O) groups is 9. The lowest BCUT2D eigenvalue weighted by Crippen LogP contribution is -2.35. The summed E-state index contributed by atoms with van der Waals surface area (Å²) in [7, 11) is 0. The molecule has 10 fully saturated rings. The van der Waals surface area contributed by atoms with Crippen molar-refractivity contribution in [3.05, 3.63) is 177 Å². The molecule has 17 rings (SSSR count). The minimum absolute atomic E-state index is 0.0155. The van der Waals surface area contributed by atoms with E-state index in [1.165, 1.54) is 65.0 Å². The molecule has 137 heavy (non-hydrogen) atoms. The molecule has 51 heteroatoms. The minimum Gasteiger partial charge on any atom is -0.508 e. The minimum atomic E-state index is -2.09. The van der Waals surface area contributed by atoms with Gasteiger partial charge in [0, 0.05) is 58.9 Å². The predicted octanol–water partition coefficient (Wildman–Crippen LogP) is 4.65. The first-order valence-electron chi connectivity index (χ1n) is 41.7. The monoisotopic (exact) mass is 2110 g/mol. The number of ether oxygens (including phenoxy) is 22. The molecule has 10 saturated heterocycles. The van der Waals surface area contributed by atoms with Crippen molar-refractivity contribution in [2.45, 2.75) is 206 Å². The zero-order valence-electron chi connectivity index (χ0n) is 73.5. The first-order chi connectivity index (χ1) is 65.7. The summed E-state index contributed by atoms with van der Waals surface area (Å²) < 4.78 is 128. The Morgan fingerprint density at radius 3 is 1.13 bits per heavy atom. The molecular weight excluding hydrogens is 2010 g/mol. The molecule has 2 aromatic heterocycles. The van der Waals surface area contributed by atoms with E-state index in [2.05, 4.69) is 15.4 Å². The lowest BCUT2D eigenvalue weighted by atomic mass is 10.1. The highest BCUT2D eigenvalue weighted by Crippen LogP contribution is 2.40. The summed E-state index contributed by atoms with van der Waals surface area (Å²) in [5, 5.41) is 94.8. The number of hydrogen-bond acceptors (Lipinski definition) is 45. The highest BCUT2D eigenvalue weighted by atomic mass is 127. The number of aromatic hydroxyl groups is 1. The number of rotatable bonds is 23. The Morgan fingerprint density at radius 1 is 0.423 bits per heavy atom. The van der Waals surface area contributed by atoms with Gasteiger partial charge in [-0.25, -0.2) is 28.8 Å². The van der Waals surface area contributed by atoms with E-state index in [0.717, 1.165) is 16.7 Å². The zero-order valence-corrected chi connectivity index (χ0v) is 77.0. The number of phenols is 1. The topological polar surface area (TPSA) is 647 Å². The van der Waals surface area contributed by atoms with Gasteiger partial charge in [-0.15, -0.1) is 0 Å². The summed E-state index contributed by atoms with van der Waals surface area (Å²) >= 11 is 18.4. The van der Waals surface area contributed by atoms with E-state index >= 15 is 0 Å². The maximum Gasteiger partial charge on any atom is 0.509 e. The SMILES string of the molecule is CC(=O)Nc1cc2ccc(O)cc2oc1=O.CC(=O)Nc1cc2ccc(O[C@@H]3O[C@H](COC(C)=O)C4OC(=O)O[C@@H]43)cc2oc1=O.CC(=O)OC[C@H]1O[C@@H](OC(=N)C(Cl)(Cl)Cl)[C@@H]2OC(=O)O[C@@H]21.CC(=O)OC[C@H]1O[C@@H](OCc2ccccc2)[C@@H]2OC(=O)O[C@@H]21.O=C1O[C@H]2[C@H](OCc3ccccc3)O[C@H](CO)[C@H]2O1.OC[C@H]1O[C@@H](O)[C@H](O)[C@@H]1O.OC[C@H]1O[C@@H](OCc2ccccc2)[C@H](O)[C@@H]1O.[2H]CI. The second kappa shape index (κ2) is 51.0. The van der Waals surface area contributed by atoms with Gasteiger partial charge in [-0.1, -0.05) is 148 Å². The van der Waals surface area contributed by atoms with Gasteiger partial charge in [-0.3, -0.25) is 29.4 Å². The van der Waals surface area contributed by atoms with Gasteiger partial charge in [-0.05, 0) is 58.0 Å². The molecule has 10 aliphatic heterocycles. The van der Waals surface area contributed by atoms with Gasteiger partial charge in [-0.2, -0.15) is 0 Å². The van der Waals surface area contributed by atoms with Crippen LogP contribution in [0.25, 0.3) is 21.9 Å². The van der Waals surface area contributed by atoms with Crippen LogP contribution in [0.1, 0.15) is 52.7 Å². The van der Waals surface area contributed by atoms with E-state index in [1.54, 1.807) is 18.2 Å². The molecule has 0 saturated carbocycles. The molecule has 7 aromatic rings. The van der Waals surface area contributed by atoms with E-state index in [9.17, 15) is 73.2 Å². The molecule has 12 heterocycles. The van der Waals surface area contributed by atoms with Gasteiger partial charge >= 0.3 is 53.8 Å². The molecule has 0 aliphatic carbocycles. The summed E-state index contributed by atoms with van der Waals surface area (Å²) in [5.41, 5.74) is 2.15. The van der Waals surface area contributed by atoms with E-state index in [0.29, 0.717) is 28.9 Å². The summed E-state index contributed by atoms with van der Waals surface area (Å²) in [6.07, 6.45) is -24.4. The highest BCUT2D eigenvalue weighted by molar-refractivity contribution is 14.1. The molecule has 24 atom stereocenters. The molecule has 47 nitrogen and oxygen atoms in total. The summed E-state index contributed by atoms with van der Waals surface area (Å²) in [6, 6.07) is 40.7. The van der Waals surface area contributed by atoms with Crippen LogP contribution in [0.15, 0.2) is 158 Å². The molecule has 5 aromatic carbocycles. The van der Waals surface area contributed by atoms with Crippen LogP contribution in [0.5, 0.6) is 11.5 Å². The molecule has 12 N–H and O–H groups in total. The average molecular weight is 2110 g/mol. The maximum atomic E-state index is 12.0. The fraction of sp³-hybridized carbons (Fsp3) is 0.465. The zero-order chi connectivity index (χ0) is 100. The Balaban J connectivity index is 0.000000168. The largest absolute Gasteiger partial charge is 0.509 e. The summed E-state index contributed by atoms with van der Waals surface area (Å²) in [4.78, 5) is 124. The number of anilines is 2. The number of phenolic OH excluding ortho intramolecular Hbond substituents is 1. The quantitative estimate of drug-likeness (QED) is 0.00788. The molecular formula is C86H95Cl3IN3O44. The number of esters is 3. The standard InChI is InChI=1S/C19H17NO10.C15H16O7.C13H14O6.C12H16O5.C11H9NO4.C10H10Cl3NO7.C5H10O5.CH3I/c1-8(21)20-12-5-10-3-4-11(6-13(10)27-17(12)23)26-18-16-15(29-19(24)30-16)14(28-18)7-25-9(2)22;1-9(16)18-8-11-12-13(22-15(17)21-12)14(20-11)19-7-10-5-3-2-4-6-10;14-6-9-10-11(19-13(15)18-10)12(17-9)16-7-8-4-2-1-3-5-8;13-6-9-10(14)11(15)12(17-9)16-7-8-4-2-1-3-5-8;1-6(13)12-9-4-7-2-3-8(14)5-10(7)16-11(9)15;1-3(15)17-2-4-5-6(20-9(16)19-5)7(18-4)21-8(14)10(11,12)13;6-1-2-3(7)4(8)5(9)10-2;1-2/h3-6,14-16,18H,7H2,1-2H3,(H,20,21);2-6,11-14H,7-8H2,1H3;1-5,9-12,14H,6-7H2;1-5,9-15H,6-7H2;2-5,14H,1H3,(H,12,13);4-7,14H,2H2,1H3;2-9H,1H2;1H3/t14-,15?,16+,18-;11-,12-,13-,14-;2*9-,10-,11-,12-;;4-,5-,6-,7+;2-,3-,4-,5-;/m1111.11./s1/i;;;;;;;1D. The van der Waals surface area contributed by atoms with Crippen LogP contribution < -0.4 is 26.6 Å². The summed E-state index contributed by atoms with van der Waals surface area (Å²) in [5.74, 6) is -2.62. The number of aliphatic hydroxyl groups is 8. The first kappa shape index (κ1) is 106. The Hall–Kier alpha value is -11.1. The third-order valence-electron chi connectivity index (χ3n) is 20.0. The number of hydrogen-bond donors (Lipinski definition) is 12. The fourth-order valence-corrected chi connectivity index (χ4v) is 13.9. The molecule has 0 bridgehead atoms. The fourth-order valence-electron chi connectivity index (χ4n) is 13.7. The molecule has 10 aliphatic rings. The van der Waals surface area contributed by atoms with Crippen molar-refractivity contribution in [1.29, 1.82) is 5.41 Å². The van der Waals surface area contributed by atoms with Crippen LogP contribution in [-0.4, -0.2) is 302 Å². The number of carbonyl (C=O) groups excluding carboxylic acids is 9. The highest BCUT2D eigenvalue weighted by Gasteiger charge is 2.60. The number of alkyl halides is 4. The van der Waals surface area contributed by atoms with Gasteiger partial charge in [0.25, 0.3) is 3.79 Å². The Morgan fingerprint density at radius 2 is 0.759 bits per heavy atom. The lowest BCUT2D eigenvalue weighted by Gasteiger charge is -2.20. The van der Waals surface area contributed by atoms with Crippen molar-refractivity contribution in [3.63, 3.8) is 0 Å². The molecule has 746 valence electrons. The smallest absolute Gasteiger partial charge is 0.508 e. The molecule has 1 unspecified atom stereocenters. The van der Waals surface area contributed by atoms with Crippen molar-refractivity contribution in [2.24, 2.45) is 0 Å². The van der Waals surface area contributed by atoms with Gasteiger partial charge in [0.15, 0.2) is 61.8 Å². The van der Waals surface area contributed by atoms with E-state index in [-0.39, 0.29) is 79.6 Å². The Bertz CT molecular complexity index is 5390. The van der Waals surface area contributed by atoms with Gasteiger partial charge in [0.2, 0.25) is 42.5 Å². The summed E-state index contributed by atoms with van der Waals surface area (Å²) in [6.45, 7) is 5.97. The number of aliphatic hydroxyl groups excluding tert-OH is 8. The van der Waals surface area contributed by atoms with Crippen LogP contribution in [0.3, 0.4) is 0 Å². The van der Waals surface area contributed by atoms with E-state index in [1.807, 2.05) is 114 Å². The van der Waals surface area contributed by atoms with Gasteiger partial charge in [0.1, 0.15) is 115 Å². The third kappa shape index (κ3) is 30.5. The number of halogens is 4. The molecule has 0 spiro atoms. The number of benzene rings is 5. The van der Waals surface area contributed by atoms with Gasteiger partial charge in [0.05, 0.1) is 39.6 Å². The second-order valence-electron chi connectivity index (χ2n) is 30.0. The van der Waals surface area contributed by atoms with Crippen molar-refractivity contribution in [1.82, 2.24) is 0 Å². The van der Waals surface area contributed by atoms with Crippen LogP contribution in [0, 0.1) is 5.41 Å². The van der Waals surface area contributed by atoms with Crippen LogP contribution in [0.2, 0.25) is 0 Å². The number of nitrogens with one attached hydrogen (secondary N) is 3. The van der Waals surface area contributed by atoms with Crippen molar-refractivity contribution < 1.29 is 204 Å². The predicted molar refractivity (Wildman–Crippen MR) is 469 cm³/mol. The third-order valence-corrected chi connectivity index (χ3v) is 20.6. The van der Waals surface area contributed by atoms with Crippen LogP contribution in [0.4, 0.5) is 30.6 Å². The number of fused-ring (bicyclic) bond motifs is 6. The second-order valence-corrected chi connectivity index (χ2v) is 32.3. The van der Waals surface area contributed by atoms with Crippen LogP contribution in [-0.2, 0) is 143 Å². The number of amides is 2. The molecule has 2 amide bonds. The van der Waals surface area contributed by atoms with Gasteiger partial charge < -0.3 is 170 Å². The first-order valence-corrected chi connectivity index (χ1v) is 43.7. The van der Waals surface area contributed by atoms with Crippen molar-refractivity contribution in [2.75, 3.05) is 55.2 Å². The maximum absolute atomic E-state index is 12.0. The van der Waals surface area contributed by atoms with Crippen molar-refractivity contribution >= 4 is 151 Å². The molecule has 0 radical (unpaired) electrons. The van der Waals surface area contributed by atoms with E-state index in [4.69, 9.17) is 175 Å². The van der Waals surface area contributed by atoms with Crippen molar-refractivity contribution in [3.8, 4) is 11.5 Å². The van der Waals surface area contributed by atoms with E-state index < -0.39 is 224 Å². The average Bonchev–Trinajstić information content (AvgIpc) is 1.58. The lowest BCUT2D eigenvalue weighted by molar-refractivity contribution is -0.183. The Kier molecular flexibility index (Phi) is 39.6. The Labute approximate surface area is 805 Å².